The van der Waals surface area contributed by atoms with Gasteiger partial charge in [-0.25, -0.2) is 0 Å². The third-order valence-corrected chi connectivity index (χ3v) is 2.30. The van der Waals surface area contributed by atoms with Crippen molar-refractivity contribution >= 4 is 20.8 Å². The van der Waals surface area contributed by atoms with Gasteiger partial charge in [-0.3, -0.25) is 16.8 Å². The summed E-state index contributed by atoms with van der Waals surface area (Å²) in [5.41, 5.74) is 0. The van der Waals surface area contributed by atoms with Crippen LogP contribution in [0, 0.1) is 0 Å². The molecule has 0 radical (unpaired) electrons. The van der Waals surface area contributed by atoms with E-state index >= 15 is 0 Å². The summed E-state index contributed by atoms with van der Waals surface area (Å²) in [5.74, 6) is 0. The largest absolute Gasteiger partial charge is 0.759 e. The zero-order chi connectivity index (χ0) is 17.5. The van der Waals surface area contributed by atoms with Gasteiger partial charge in [0.2, 0.25) is 0 Å². The normalized spacial score (nSPS) is 18.4. The fraction of sp³-hybridized carbons (Fsp3) is 1.00. The molecule has 0 aromatic carbocycles. The molecular weight excluding hydrogens is 344 g/mol. The van der Waals surface area contributed by atoms with E-state index in [0.29, 0.717) is 0 Å². The van der Waals surface area contributed by atoms with Crippen molar-refractivity contribution in [1.82, 2.24) is 0 Å². The van der Waals surface area contributed by atoms with Gasteiger partial charge in [-0.1, -0.05) is 0 Å². The monoisotopic (exact) mass is 368 g/mol. The molecule has 1 saturated heterocycles. The zero-order valence-corrected chi connectivity index (χ0v) is 13.7. The highest BCUT2D eigenvalue weighted by atomic mass is 32.3. The van der Waals surface area contributed by atoms with Gasteiger partial charge in [-0.05, 0) is 0 Å². The van der Waals surface area contributed by atoms with Crippen molar-refractivity contribution in [3.05, 3.63) is 0 Å². The topological polar surface area (TPSA) is 227 Å². The SMILES string of the molecule is C1C[NH2+]CC[NH2+]CC[NH2+]CC[NH2+]1.O=S(=O)([O-])[O-].O=S(=O)([O-])[O-]. The molecule has 0 aliphatic carbocycles. The van der Waals surface area contributed by atoms with Crippen LogP contribution in [0.3, 0.4) is 0 Å². The van der Waals surface area contributed by atoms with E-state index in [9.17, 15) is 0 Å². The van der Waals surface area contributed by atoms with E-state index in [1.807, 2.05) is 0 Å². The van der Waals surface area contributed by atoms with E-state index in [4.69, 9.17) is 35.0 Å². The van der Waals surface area contributed by atoms with Gasteiger partial charge in [0.1, 0.15) is 52.4 Å². The van der Waals surface area contributed by atoms with Gasteiger partial charge in [0.15, 0.2) is 0 Å². The van der Waals surface area contributed by atoms with E-state index in [1.54, 1.807) is 0 Å². The predicted molar refractivity (Wildman–Crippen MR) is 67.6 cm³/mol. The minimum Gasteiger partial charge on any atom is -0.759 e. The highest BCUT2D eigenvalue weighted by molar-refractivity contribution is 7.79. The molecule has 0 amide bonds. The number of rotatable bonds is 0. The molecule has 22 heavy (non-hydrogen) atoms. The third-order valence-electron chi connectivity index (χ3n) is 2.30. The van der Waals surface area contributed by atoms with E-state index in [2.05, 4.69) is 21.3 Å². The highest BCUT2D eigenvalue weighted by Crippen LogP contribution is 1.58. The van der Waals surface area contributed by atoms with Gasteiger partial charge < -0.3 is 39.5 Å². The van der Waals surface area contributed by atoms with Crippen LogP contribution in [0.5, 0.6) is 0 Å². The number of quaternary nitrogens is 4. The van der Waals surface area contributed by atoms with E-state index < -0.39 is 20.8 Å². The molecule has 1 heterocycles. The first-order chi connectivity index (χ1) is 10.0. The molecule has 1 fully saturated rings. The summed E-state index contributed by atoms with van der Waals surface area (Å²) >= 11 is 0. The molecular formula is C8H24N4O8S2. The predicted octanol–water partition coefficient (Wildman–Crippen LogP) is -8.42. The maximum Gasteiger partial charge on any atom is 0.125 e. The highest BCUT2D eigenvalue weighted by Gasteiger charge is 2.00. The van der Waals surface area contributed by atoms with Crippen LogP contribution in [0.15, 0.2) is 0 Å². The standard InChI is InChI=1S/C8H20N4.2H2O4S/c1-2-10-5-6-12-8-7-11-4-3-9-1;2*1-5(2,3)4/h9-12H,1-8H2;2*(H2,1,2,3,4). The van der Waals surface area contributed by atoms with Crippen LogP contribution in [-0.4, -0.2) is 87.4 Å². The summed E-state index contributed by atoms with van der Waals surface area (Å²) in [6.45, 7) is 10.3. The molecule has 12 nitrogen and oxygen atoms in total. The van der Waals surface area contributed by atoms with Crippen LogP contribution in [-0.2, 0) is 20.8 Å². The fourth-order valence-corrected chi connectivity index (χ4v) is 1.52. The number of hydrogen-bond acceptors (Lipinski definition) is 8. The lowest BCUT2D eigenvalue weighted by atomic mass is 10.4. The molecule has 0 saturated carbocycles. The summed E-state index contributed by atoms with van der Waals surface area (Å²) in [5, 5.41) is 9.72. The van der Waals surface area contributed by atoms with Crippen LogP contribution in [0.25, 0.3) is 0 Å². The van der Waals surface area contributed by atoms with Crippen LogP contribution in [0.2, 0.25) is 0 Å². The molecule has 0 spiro atoms. The lowest BCUT2D eigenvalue weighted by Gasteiger charge is -2.06. The molecule has 0 aromatic rings. The Kier molecular flexibility index (Phi) is 15.4. The van der Waals surface area contributed by atoms with Crippen LogP contribution in [0.4, 0.5) is 0 Å². The molecule has 0 aromatic heterocycles. The molecule has 1 aliphatic rings. The Morgan fingerprint density at radius 2 is 0.545 bits per heavy atom. The summed E-state index contributed by atoms with van der Waals surface area (Å²) < 4.78 is 68.2. The molecule has 1 aliphatic heterocycles. The van der Waals surface area contributed by atoms with Crippen molar-refractivity contribution in [3.8, 4) is 0 Å². The Labute approximate surface area is 130 Å². The summed E-state index contributed by atoms with van der Waals surface area (Å²) in [6.07, 6.45) is 0. The van der Waals surface area contributed by atoms with Crippen LogP contribution < -0.4 is 21.3 Å². The molecule has 136 valence electrons. The molecule has 1 rings (SSSR count). The first-order valence-electron chi connectivity index (χ1n) is 6.60. The molecule has 14 heteroatoms. The molecule has 8 N–H and O–H groups in total. The van der Waals surface area contributed by atoms with E-state index in [1.165, 1.54) is 52.4 Å². The van der Waals surface area contributed by atoms with Crippen LogP contribution >= 0.6 is 0 Å². The van der Waals surface area contributed by atoms with Gasteiger partial charge in [0.25, 0.3) is 0 Å². The quantitative estimate of drug-likeness (QED) is 0.236. The zero-order valence-electron chi connectivity index (χ0n) is 12.0. The molecule has 0 atom stereocenters. The van der Waals surface area contributed by atoms with Crippen molar-refractivity contribution in [3.63, 3.8) is 0 Å². The fourth-order valence-electron chi connectivity index (χ4n) is 1.52. The maximum absolute atomic E-state index is 8.52. The van der Waals surface area contributed by atoms with Gasteiger partial charge in [-0.2, -0.15) is 0 Å². The Hall–Kier alpha value is -0.420. The minimum absolute atomic E-state index is 1.29. The first kappa shape index (κ1) is 23.8. The molecule has 0 unspecified atom stereocenters. The number of nitrogens with two attached hydrogens (primary N) is 4. The van der Waals surface area contributed by atoms with Crippen molar-refractivity contribution in [2.45, 2.75) is 0 Å². The molecule has 0 bridgehead atoms. The lowest BCUT2D eigenvalue weighted by Crippen LogP contribution is -3.04. The Balaban J connectivity index is 0. The van der Waals surface area contributed by atoms with Crippen molar-refractivity contribution in [2.75, 3.05) is 52.4 Å². The van der Waals surface area contributed by atoms with Gasteiger partial charge >= 0.3 is 0 Å². The van der Waals surface area contributed by atoms with Crippen LogP contribution in [0.1, 0.15) is 0 Å². The van der Waals surface area contributed by atoms with Crippen molar-refractivity contribution < 1.29 is 56.3 Å². The third kappa shape index (κ3) is 50.4. The van der Waals surface area contributed by atoms with Gasteiger partial charge in [0, 0.05) is 20.8 Å². The lowest BCUT2D eigenvalue weighted by molar-refractivity contribution is -0.787. The summed E-state index contributed by atoms with van der Waals surface area (Å²) in [6, 6.07) is 0. The summed E-state index contributed by atoms with van der Waals surface area (Å²) in [7, 11) is -10.3. The van der Waals surface area contributed by atoms with Gasteiger partial charge in [0.05, 0.1) is 0 Å². The first-order valence-corrected chi connectivity index (χ1v) is 9.27. The minimum atomic E-state index is -5.17. The summed E-state index contributed by atoms with van der Waals surface area (Å²) in [4.78, 5) is 0. The van der Waals surface area contributed by atoms with Gasteiger partial charge in [-0.15, -0.1) is 0 Å². The van der Waals surface area contributed by atoms with E-state index in [-0.39, 0.29) is 0 Å². The van der Waals surface area contributed by atoms with Crippen molar-refractivity contribution in [1.29, 1.82) is 0 Å². The average Bonchev–Trinajstić information content (AvgIpc) is 2.25. The second-order valence-corrected chi connectivity index (χ2v) is 5.91. The Morgan fingerprint density at radius 1 is 0.455 bits per heavy atom. The maximum atomic E-state index is 8.52. The number of hydrogen-bond donors (Lipinski definition) is 4. The van der Waals surface area contributed by atoms with E-state index in [0.717, 1.165) is 0 Å². The Morgan fingerprint density at radius 3 is 0.636 bits per heavy atom. The second kappa shape index (κ2) is 14.2. The average molecular weight is 368 g/mol. The smallest absolute Gasteiger partial charge is 0.125 e. The Bertz CT molecular complexity index is 352. The second-order valence-electron chi connectivity index (χ2n) is 4.28. The van der Waals surface area contributed by atoms with Crippen molar-refractivity contribution in [2.24, 2.45) is 0 Å².